The number of carbonyl (C=O) groups excluding carboxylic acids is 1. The molecule has 0 radical (unpaired) electrons. The molecule has 0 spiro atoms. The zero-order chi connectivity index (χ0) is 15.1. The highest BCUT2D eigenvalue weighted by Gasteiger charge is 2.19. The summed E-state index contributed by atoms with van der Waals surface area (Å²) in [6.45, 7) is 6.05. The van der Waals surface area contributed by atoms with Gasteiger partial charge in [0.25, 0.3) is 0 Å². The third kappa shape index (κ3) is 4.51. The van der Waals surface area contributed by atoms with Gasteiger partial charge in [0.1, 0.15) is 23.0 Å². The maximum atomic E-state index is 11.8. The molecule has 0 saturated heterocycles. The smallest absolute Gasteiger partial charge is 0.319 e. The number of pyridine rings is 1. The molecule has 108 valence electrons. The summed E-state index contributed by atoms with van der Waals surface area (Å²) in [6, 6.07) is 3.98. The molecule has 20 heavy (non-hydrogen) atoms. The minimum Gasteiger partial charge on any atom is -0.462 e. The molecular weight excluding hydrogens is 276 g/mol. The molecule has 0 N–H and O–H groups in total. The first-order chi connectivity index (χ1) is 9.49. The Morgan fingerprint density at radius 1 is 1.50 bits per heavy atom. The van der Waals surface area contributed by atoms with E-state index in [1.807, 2.05) is 19.9 Å². The molecular formula is C14H18N2O3S. The molecule has 0 aromatic carbocycles. The number of hydrogen-bond acceptors (Lipinski definition) is 6. The molecule has 5 nitrogen and oxygen atoms in total. The van der Waals surface area contributed by atoms with Crippen LogP contribution in [-0.4, -0.2) is 36.5 Å². The van der Waals surface area contributed by atoms with Crippen LogP contribution in [0, 0.1) is 25.2 Å². The average Bonchev–Trinajstić information content (AvgIpc) is 2.38. The standard InChI is InChI=1S/C14H18N2O3S/c1-9-7-10(2)16-13(12(9)8-15)20-11(3)14(17)19-6-5-18-4/h7,11H,5-6H2,1-4H3. The summed E-state index contributed by atoms with van der Waals surface area (Å²) in [6.07, 6.45) is 0. The van der Waals surface area contributed by atoms with E-state index < -0.39 is 5.25 Å². The van der Waals surface area contributed by atoms with Crippen molar-refractivity contribution in [1.82, 2.24) is 4.98 Å². The Bertz CT molecular complexity index is 526. The van der Waals surface area contributed by atoms with E-state index in [2.05, 4.69) is 11.1 Å². The number of carbonyl (C=O) groups is 1. The van der Waals surface area contributed by atoms with Crippen molar-refractivity contribution >= 4 is 17.7 Å². The minimum absolute atomic E-state index is 0.228. The number of methoxy groups -OCH3 is 1. The van der Waals surface area contributed by atoms with Crippen molar-refractivity contribution in [3.63, 3.8) is 0 Å². The van der Waals surface area contributed by atoms with E-state index in [4.69, 9.17) is 9.47 Å². The quantitative estimate of drug-likeness (QED) is 0.455. The summed E-state index contributed by atoms with van der Waals surface area (Å²) >= 11 is 1.24. The Morgan fingerprint density at radius 2 is 2.20 bits per heavy atom. The zero-order valence-corrected chi connectivity index (χ0v) is 12.9. The van der Waals surface area contributed by atoms with Gasteiger partial charge in [0.2, 0.25) is 0 Å². The van der Waals surface area contributed by atoms with Gasteiger partial charge in [-0.05, 0) is 32.4 Å². The summed E-state index contributed by atoms with van der Waals surface area (Å²) in [5.41, 5.74) is 2.20. The van der Waals surface area contributed by atoms with Crippen molar-refractivity contribution < 1.29 is 14.3 Å². The number of nitriles is 1. The van der Waals surface area contributed by atoms with Crippen LogP contribution < -0.4 is 0 Å². The number of nitrogens with zero attached hydrogens (tertiary/aromatic N) is 2. The molecule has 1 rings (SSSR count). The van der Waals surface area contributed by atoms with Gasteiger partial charge in [-0.15, -0.1) is 0 Å². The zero-order valence-electron chi connectivity index (χ0n) is 12.1. The molecule has 6 heteroatoms. The van der Waals surface area contributed by atoms with E-state index in [0.29, 0.717) is 17.2 Å². The number of ether oxygens (including phenoxy) is 2. The predicted octanol–water partition coefficient (Wildman–Crippen LogP) is 2.24. The van der Waals surface area contributed by atoms with Crippen LogP contribution in [0.2, 0.25) is 0 Å². The molecule has 0 bridgehead atoms. The SMILES string of the molecule is COCCOC(=O)C(C)Sc1nc(C)cc(C)c1C#N. The second kappa shape index (κ2) is 7.88. The third-order valence-electron chi connectivity index (χ3n) is 2.58. The van der Waals surface area contributed by atoms with Crippen molar-refractivity contribution in [2.24, 2.45) is 0 Å². The molecule has 0 aliphatic heterocycles. The topological polar surface area (TPSA) is 72.2 Å². The van der Waals surface area contributed by atoms with Crippen LogP contribution in [0.5, 0.6) is 0 Å². The lowest BCUT2D eigenvalue weighted by Crippen LogP contribution is -2.19. The molecule has 0 amide bonds. The van der Waals surface area contributed by atoms with Crippen LogP contribution in [0.25, 0.3) is 0 Å². The summed E-state index contributed by atoms with van der Waals surface area (Å²) in [5, 5.41) is 9.33. The lowest BCUT2D eigenvalue weighted by molar-refractivity contribution is -0.143. The van der Waals surface area contributed by atoms with E-state index in [0.717, 1.165) is 11.3 Å². The number of hydrogen-bond donors (Lipinski definition) is 0. The van der Waals surface area contributed by atoms with E-state index in [9.17, 15) is 10.1 Å². The maximum Gasteiger partial charge on any atom is 0.319 e. The van der Waals surface area contributed by atoms with E-state index in [1.165, 1.54) is 11.8 Å². The van der Waals surface area contributed by atoms with Gasteiger partial charge in [0.15, 0.2) is 0 Å². The lowest BCUT2D eigenvalue weighted by Gasteiger charge is -2.12. The molecule has 0 aliphatic rings. The van der Waals surface area contributed by atoms with Crippen molar-refractivity contribution in [3.8, 4) is 6.07 Å². The number of rotatable bonds is 6. The first kappa shape index (κ1) is 16.5. The van der Waals surface area contributed by atoms with Gasteiger partial charge in [0, 0.05) is 12.8 Å². The predicted molar refractivity (Wildman–Crippen MR) is 76.6 cm³/mol. The van der Waals surface area contributed by atoms with Gasteiger partial charge >= 0.3 is 5.97 Å². The summed E-state index contributed by atoms with van der Waals surface area (Å²) in [4.78, 5) is 16.1. The van der Waals surface area contributed by atoms with E-state index in [-0.39, 0.29) is 12.6 Å². The van der Waals surface area contributed by atoms with Crippen molar-refractivity contribution in [2.45, 2.75) is 31.0 Å². The normalized spacial score (nSPS) is 11.8. The number of aromatic nitrogens is 1. The summed E-state index contributed by atoms with van der Waals surface area (Å²) < 4.78 is 9.87. The molecule has 1 aromatic rings. The van der Waals surface area contributed by atoms with Crippen LogP contribution in [-0.2, 0) is 14.3 Å². The summed E-state index contributed by atoms with van der Waals surface area (Å²) in [5.74, 6) is -0.336. The van der Waals surface area contributed by atoms with Crippen LogP contribution >= 0.6 is 11.8 Å². The van der Waals surface area contributed by atoms with Gasteiger partial charge in [-0.1, -0.05) is 11.8 Å². The second-order valence-electron chi connectivity index (χ2n) is 4.29. The van der Waals surface area contributed by atoms with Gasteiger partial charge in [-0.25, -0.2) is 4.98 Å². The summed E-state index contributed by atoms with van der Waals surface area (Å²) in [7, 11) is 1.55. The minimum atomic E-state index is -0.423. The van der Waals surface area contributed by atoms with Crippen LogP contribution in [0.15, 0.2) is 11.1 Å². The van der Waals surface area contributed by atoms with Gasteiger partial charge < -0.3 is 9.47 Å². The Morgan fingerprint density at radius 3 is 2.80 bits per heavy atom. The number of thioether (sulfide) groups is 1. The first-order valence-corrected chi connectivity index (χ1v) is 7.08. The van der Waals surface area contributed by atoms with Gasteiger partial charge in [-0.3, -0.25) is 4.79 Å². The molecule has 1 aromatic heterocycles. The Labute approximate surface area is 123 Å². The highest BCUT2D eigenvalue weighted by atomic mass is 32.2. The van der Waals surface area contributed by atoms with Crippen LogP contribution in [0.4, 0.5) is 0 Å². The molecule has 0 saturated carbocycles. The maximum absolute atomic E-state index is 11.8. The third-order valence-corrected chi connectivity index (χ3v) is 3.64. The molecule has 1 heterocycles. The van der Waals surface area contributed by atoms with Crippen molar-refractivity contribution in [2.75, 3.05) is 20.3 Å². The van der Waals surface area contributed by atoms with Gasteiger partial charge in [0.05, 0.1) is 12.2 Å². The molecule has 1 atom stereocenters. The molecule has 1 unspecified atom stereocenters. The fourth-order valence-electron chi connectivity index (χ4n) is 1.58. The fraction of sp³-hybridized carbons (Fsp3) is 0.500. The molecule has 0 aliphatic carbocycles. The second-order valence-corrected chi connectivity index (χ2v) is 5.62. The van der Waals surface area contributed by atoms with Crippen LogP contribution in [0.3, 0.4) is 0 Å². The van der Waals surface area contributed by atoms with Crippen molar-refractivity contribution in [1.29, 1.82) is 5.26 Å². The number of aryl methyl sites for hydroxylation is 2. The Balaban J connectivity index is 2.78. The lowest BCUT2D eigenvalue weighted by atomic mass is 10.1. The monoisotopic (exact) mass is 294 g/mol. The highest BCUT2D eigenvalue weighted by molar-refractivity contribution is 8.00. The number of esters is 1. The van der Waals surface area contributed by atoms with Gasteiger partial charge in [-0.2, -0.15) is 5.26 Å². The average molecular weight is 294 g/mol. The highest BCUT2D eigenvalue weighted by Crippen LogP contribution is 2.27. The van der Waals surface area contributed by atoms with Crippen LogP contribution in [0.1, 0.15) is 23.7 Å². The fourth-order valence-corrected chi connectivity index (χ4v) is 2.60. The largest absolute Gasteiger partial charge is 0.462 e. The van der Waals surface area contributed by atoms with Crippen molar-refractivity contribution in [3.05, 3.63) is 22.9 Å². The first-order valence-electron chi connectivity index (χ1n) is 6.20. The Hall–Kier alpha value is -1.58. The van der Waals surface area contributed by atoms with E-state index in [1.54, 1.807) is 14.0 Å². The van der Waals surface area contributed by atoms with E-state index >= 15 is 0 Å². The molecule has 0 fully saturated rings. The Kier molecular flexibility index (Phi) is 6.49.